The van der Waals surface area contributed by atoms with Gasteiger partial charge in [0.1, 0.15) is 18.2 Å². The Morgan fingerprint density at radius 2 is 1.67 bits per heavy atom. The molecular formula is C31H37FO. The summed E-state index contributed by atoms with van der Waals surface area (Å²) in [7, 11) is 0. The molecule has 3 aromatic carbocycles. The van der Waals surface area contributed by atoms with Crippen molar-refractivity contribution in [3.05, 3.63) is 78.6 Å². The minimum absolute atomic E-state index is 0.149. The molecule has 1 nitrogen and oxygen atoms in total. The summed E-state index contributed by atoms with van der Waals surface area (Å²) < 4.78 is 20.9. The molecule has 0 aromatic heterocycles. The number of hydrogen-bond acceptors (Lipinski definition) is 1. The number of aryl methyl sites for hydroxylation is 1. The van der Waals surface area contributed by atoms with E-state index in [1.165, 1.54) is 56.9 Å². The van der Waals surface area contributed by atoms with Gasteiger partial charge in [0, 0.05) is 10.9 Å². The Labute approximate surface area is 198 Å². The van der Waals surface area contributed by atoms with E-state index in [0.717, 1.165) is 35.0 Å². The maximum Gasteiger partial charge on any atom is 0.138 e. The summed E-state index contributed by atoms with van der Waals surface area (Å²) in [6, 6.07) is 17.8. The minimum atomic E-state index is -0.149. The summed E-state index contributed by atoms with van der Waals surface area (Å²) in [5.41, 5.74) is 2.82. The van der Waals surface area contributed by atoms with Gasteiger partial charge in [-0.2, -0.15) is 0 Å². The molecule has 0 unspecified atom stereocenters. The van der Waals surface area contributed by atoms with Crippen molar-refractivity contribution in [1.82, 2.24) is 0 Å². The van der Waals surface area contributed by atoms with Crippen LogP contribution in [0.4, 0.5) is 4.39 Å². The van der Waals surface area contributed by atoms with E-state index in [1.807, 2.05) is 36.4 Å². The van der Waals surface area contributed by atoms with Gasteiger partial charge in [0.2, 0.25) is 0 Å². The van der Waals surface area contributed by atoms with Crippen LogP contribution >= 0.6 is 0 Å². The quantitative estimate of drug-likeness (QED) is 0.283. The van der Waals surface area contributed by atoms with Crippen molar-refractivity contribution >= 4 is 10.8 Å². The Morgan fingerprint density at radius 3 is 2.36 bits per heavy atom. The van der Waals surface area contributed by atoms with Crippen LogP contribution in [-0.2, 0) is 6.42 Å². The smallest absolute Gasteiger partial charge is 0.138 e. The highest BCUT2D eigenvalue weighted by molar-refractivity contribution is 5.88. The second-order valence-corrected chi connectivity index (χ2v) is 9.67. The van der Waals surface area contributed by atoms with Crippen molar-refractivity contribution in [3.63, 3.8) is 0 Å². The Morgan fingerprint density at radius 1 is 0.939 bits per heavy atom. The lowest BCUT2D eigenvalue weighted by Gasteiger charge is -2.28. The molecule has 0 radical (unpaired) electrons. The number of hydrogen-bond donors (Lipinski definition) is 0. The SMILES string of the molecule is C=CCOc1ccc(-c2ccc3cc(CCC4CCC(CCCC)CC4)ccc3c2F)cc1. The fourth-order valence-electron chi connectivity index (χ4n) is 5.28. The summed E-state index contributed by atoms with van der Waals surface area (Å²) >= 11 is 0. The van der Waals surface area contributed by atoms with Crippen molar-refractivity contribution in [3.8, 4) is 16.9 Å². The fourth-order valence-corrected chi connectivity index (χ4v) is 5.28. The first-order valence-corrected chi connectivity index (χ1v) is 12.7. The standard InChI is InChI=1S/C31H37FO/c1-3-5-6-23-7-9-24(10-8-23)11-12-25-13-19-30-27(22-25)16-20-29(31(30)32)26-14-17-28(18-15-26)33-21-4-2/h4,13-20,22-24H,2-3,5-12,21H2,1H3. The van der Waals surface area contributed by atoms with Crippen molar-refractivity contribution in [1.29, 1.82) is 0 Å². The van der Waals surface area contributed by atoms with Gasteiger partial charge < -0.3 is 4.74 Å². The number of halogens is 1. The van der Waals surface area contributed by atoms with Crippen LogP contribution in [0.2, 0.25) is 0 Å². The highest BCUT2D eigenvalue weighted by Crippen LogP contribution is 2.35. The van der Waals surface area contributed by atoms with Gasteiger partial charge in [-0.1, -0.05) is 107 Å². The molecule has 1 fully saturated rings. The third-order valence-electron chi connectivity index (χ3n) is 7.33. The number of unbranched alkanes of at least 4 members (excludes halogenated alkanes) is 1. The zero-order valence-electron chi connectivity index (χ0n) is 20.0. The molecule has 0 spiro atoms. The average molecular weight is 445 g/mol. The molecular weight excluding hydrogens is 407 g/mol. The molecule has 0 aliphatic heterocycles. The largest absolute Gasteiger partial charge is 0.490 e. The molecule has 4 rings (SSSR count). The second kappa shape index (κ2) is 11.5. The van der Waals surface area contributed by atoms with Gasteiger partial charge in [0.05, 0.1) is 0 Å². The second-order valence-electron chi connectivity index (χ2n) is 9.67. The van der Waals surface area contributed by atoms with E-state index >= 15 is 4.39 Å². The van der Waals surface area contributed by atoms with E-state index in [0.29, 0.717) is 17.6 Å². The van der Waals surface area contributed by atoms with E-state index in [1.54, 1.807) is 6.08 Å². The van der Waals surface area contributed by atoms with Crippen molar-refractivity contribution in [2.45, 2.75) is 64.7 Å². The van der Waals surface area contributed by atoms with Crippen LogP contribution in [0.15, 0.2) is 67.3 Å². The topological polar surface area (TPSA) is 9.23 Å². The maximum atomic E-state index is 15.3. The van der Waals surface area contributed by atoms with Gasteiger partial charge in [0.15, 0.2) is 0 Å². The first-order chi connectivity index (χ1) is 16.2. The van der Waals surface area contributed by atoms with Crippen LogP contribution in [0.5, 0.6) is 5.75 Å². The number of benzene rings is 3. The van der Waals surface area contributed by atoms with E-state index in [9.17, 15) is 0 Å². The Bertz CT molecular complexity index is 1040. The first kappa shape index (κ1) is 23.5. The van der Waals surface area contributed by atoms with E-state index in [4.69, 9.17) is 4.74 Å². The molecule has 0 saturated heterocycles. The number of rotatable bonds is 10. The summed E-state index contributed by atoms with van der Waals surface area (Å²) in [4.78, 5) is 0. The fraction of sp³-hybridized carbons (Fsp3) is 0.419. The van der Waals surface area contributed by atoms with Crippen LogP contribution in [0, 0.1) is 17.7 Å². The molecule has 0 amide bonds. The predicted octanol–water partition coefficient (Wildman–Crippen LogP) is 9.14. The lowest BCUT2D eigenvalue weighted by atomic mass is 9.78. The lowest BCUT2D eigenvalue weighted by molar-refractivity contribution is 0.250. The lowest BCUT2D eigenvalue weighted by Crippen LogP contribution is -2.15. The summed E-state index contributed by atoms with van der Waals surface area (Å²) in [6.07, 6.45) is 13.8. The monoisotopic (exact) mass is 444 g/mol. The Hall–Kier alpha value is -2.61. The molecule has 1 aliphatic carbocycles. The van der Waals surface area contributed by atoms with Crippen LogP contribution in [-0.4, -0.2) is 6.61 Å². The zero-order valence-corrected chi connectivity index (χ0v) is 20.0. The minimum Gasteiger partial charge on any atom is -0.490 e. The maximum absolute atomic E-state index is 15.3. The molecule has 0 atom stereocenters. The Balaban J connectivity index is 1.39. The normalized spacial score (nSPS) is 18.4. The van der Waals surface area contributed by atoms with Crippen LogP contribution in [0.25, 0.3) is 21.9 Å². The molecule has 1 aliphatic rings. The van der Waals surface area contributed by atoms with E-state index in [-0.39, 0.29) is 5.82 Å². The molecule has 1 saturated carbocycles. The summed E-state index contributed by atoms with van der Waals surface area (Å²) in [5, 5.41) is 1.68. The number of ether oxygens (including phenoxy) is 1. The van der Waals surface area contributed by atoms with Gasteiger partial charge in [0.25, 0.3) is 0 Å². The van der Waals surface area contributed by atoms with Gasteiger partial charge in [-0.05, 0) is 53.3 Å². The first-order valence-electron chi connectivity index (χ1n) is 12.7. The van der Waals surface area contributed by atoms with Crippen molar-refractivity contribution < 1.29 is 9.13 Å². The van der Waals surface area contributed by atoms with Crippen LogP contribution < -0.4 is 4.74 Å². The van der Waals surface area contributed by atoms with Gasteiger partial charge >= 0.3 is 0 Å². The van der Waals surface area contributed by atoms with E-state index < -0.39 is 0 Å². The highest BCUT2D eigenvalue weighted by atomic mass is 19.1. The van der Waals surface area contributed by atoms with Gasteiger partial charge in [-0.15, -0.1) is 0 Å². The molecule has 3 aromatic rings. The van der Waals surface area contributed by atoms with Gasteiger partial charge in [-0.3, -0.25) is 0 Å². The molecule has 174 valence electrons. The van der Waals surface area contributed by atoms with Gasteiger partial charge in [-0.25, -0.2) is 4.39 Å². The average Bonchev–Trinajstić information content (AvgIpc) is 2.86. The Kier molecular flexibility index (Phi) is 8.20. The highest BCUT2D eigenvalue weighted by Gasteiger charge is 2.20. The zero-order chi connectivity index (χ0) is 23.0. The van der Waals surface area contributed by atoms with E-state index in [2.05, 4.69) is 31.7 Å². The number of fused-ring (bicyclic) bond motifs is 1. The predicted molar refractivity (Wildman–Crippen MR) is 138 cm³/mol. The summed E-state index contributed by atoms with van der Waals surface area (Å²) in [5.74, 6) is 2.44. The molecule has 33 heavy (non-hydrogen) atoms. The third-order valence-corrected chi connectivity index (χ3v) is 7.33. The van der Waals surface area contributed by atoms with Crippen molar-refractivity contribution in [2.75, 3.05) is 6.61 Å². The third kappa shape index (κ3) is 6.05. The molecule has 2 heteroatoms. The molecule has 0 bridgehead atoms. The molecule has 0 N–H and O–H groups in total. The molecule has 0 heterocycles. The van der Waals surface area contributed by atoms with Crippen molar-refractivity contribution in [2.24, 2.45) is 11.8 Å². The van der Waals surface area contributed by atoms with Crippen LogP contribution in [0.3, 0.4) is 0 Å². The summed E-state index contributed by atoms with van der Waals surface area (Å²) in [6.45, 7) is 6.42. The van der Waals surface area contributed by atoms with Crippen LogP contribution in [0.1, 0.15) is 63.9 Å².